The Kier molecular flexibility index (Phi) is 1.94. The Balaban J connectivity index is 2.14. The monoisotopic (exact) mass is 186 g/mol. The third-order valence-corrected chi connectivity index (χ3v) is 3.87. The van der Waals surface area contributed by atoms with Crippen LogP contribution in [-0.2, 0) is 0 Å². The first-order valence-electron chi connectivity index (χ1n) is 3.98. The van der Waals surface area contributed by atoms with E-state index < -0.39 is 0 Å². The van der Waals surface area contributed by atoms with Gasteiger partial charge in [0.25, 0.3) is 0 Å². The molecule has 1 aromatic heterocycles. The second-order valence-corrected chi connectivity index (χ2v) is 4.98. The Morgan fingerprint density at radius 1 is 1.55 bits per heavy atom. The van der Waals surface area contributed by atoms with E-state index in [4.69, 9.17) is 11.6 Å². The van der Waals surface area contributed by atoms with Gasteiger partial charge in [0.15, 0.2) is 0 Å². The fourth-order valence-corrected chi connectivity index (χ4v) is 2.63. The van der Waals surface area contributed by atoms with Gasteiger partial charge < -0.3 is 0 Å². The lowest BCUT2D eigenvalue weighted by Crippen LogP contribution is -1.86. The average molecular weight is 187 g/mol. The van der Waals surface area contributed by atoms with E-state index in [1.807, 2.05) is 11.3 Å². The summed E-state index contributed by atoms with van der Waals surface area (Å²) < 4.78 is 0. The van der Waals surface area contributed by atoms with Gasteiger partial charge in [-0.25, -0.2) is 0 Å². The van der Waals surface area contributed by atoms with Crippen molar-refractivity contribution in [1.29, 1.82) is 0 Å². The van der Waals surface area contributed by atoms with Crippen molar-refractivity contribution in [3.05, 3.63) is 21.9 Å². The minimum Gasteiger partial charge on any atom is -0.144 e. The molecule has 2 heteroatoms. The molecule has 1 aromatic rings. The average Bonchev–Trinajstić information content (AvgIpc) is 2.74. The maximum atomic E-state index is 6.23. The zero-order chi connectivity index (χ0) is 7.84. The van der Waals surface area contributed by atoms with Crippen molar-refractivity contribution in [1.82, 2.24) is 0 Å². The molecule has 0 radical (unpaired) electrons. The molecule has 1 saturated carbocycles. The largest absolute Gasteiger partial charge is 0.144 e. The van der Waals surface area contributed by atoms with Gasteiger partial charge in [-0.15, -0.1) is 22.9 Å². The normalized spacial score (nSPS) is 20.2. The van der Waals surface area contributed by atoms with E-state index in [0.717, 1.165) is 5.92 Å². The van der Waals surface area contributed by atoms with Gasteiger partial charge in [-0.3, -0.25) is 0 Å². The van der Waals surface area contributed by atoms with Crippen molar-refractivity contribution in [2.75, 3.05) is 0 Å². The fraction of sp³-hybridized carbons (Fsp3) is 0.556. The molecule has 1 aliphatic rings. The standard InChI is InChI=1S/C9H11ClS/c1-6-2-5-8(11-6)9(10)7-3-4-7/h2,5,7,9H,3-4H2,1H3. The maximum Gasteiger partial charge on any atom is 0.0706 e. The minimum atomic E-state index is 0.300. The van der Waals surface area contributed by atoms with E-state index in [0.29, 0.717) is 5.38 Å². The molecule has 0 aromatic carbocycles. The molecule has 1 fully saturated rings. The highest BCUT2D eigenvalue weighted by Gasteiger charge is 2.31. The molecular weight excluding hydrogens is 176 g/mol. The molecule has 60 valence electrons. The van der Waals surface area contributed by atoms with E-state index >= 15 is 0 Å². The molecular formula is C9H11ClS. The third-order valence-electron chi connectivity index (χ3n) is 2.07. The zero-order valence-corrected chi connectivity index (χ0v) is 8.08. The van der Waals surface area contributed by atoms with E-state index in [1.54, 1.807) is 0 Å². The van der Waals surface area contributed by atoms with Crippen molar-refractivity contribution in [2.45, 2.75) is 25.1 Å². The number of thiophene rings is 1. The summed E-state index contributed by atoms with van der Waals surface area (Å²) >= 11 is 8.06. The Bertz CT molecular complexity index is 250. The summed E-state index contributed by atoms with van der Waals surface area (Å²) in [5.74, 6) is 0.773. The lowest BCUT2D eigenvalue weighted by molar-refractivity contribution is 0.811. The van der Waals surface area contributed by atoms with Crippen molar-refractivity contribution in [3.8, 4) is 0 Å². The Morgan fingerprint density at radius 3 is 2.73 bits per heavy atom. The van der Waals surface area contributed by atoms with Gasteiger partial charge >= 0.3 is 0 Å². The molecule has 0 aliphatic heterocycles. The van der Waals surface area contributed by atoms with Gasteiger partial charge in [0, 0.05) is 9.75 Å². The number of rotatable bonds is 2. The van der Waals surface area contributed by atoms with Crippen LogP contribution in [0, 0.1) is 12.8 Å². The molecule has 1 heterocycles. The second kappa shape index (κ2) is 2.80. The molecule has 0 nitrogen and oxygen atoms in total. The molecule has 1 aliphatic carbocycles. The van der Waals surface area contributed by atoms with Crippen LogP contribution in [0.5, 0.6) is 0 Å². The summed E-state index contributed by atoms with van der Waals surface area (Å²) in [6.07, 6.45) is 2.65. The van der Waals surface area contributed by atoms with Crippen LogP contribution in [0.3, 0.4) is 0 Å². The third kappa shape index (κ3) is 1.60. The van der Waals surface area contributed by atoms with Crippen LogP contribution in [0.1, 0.15) is 28.0 Å². The Hall–Kier alpha value is -0.0100. The van der Waals surface area contributed by atoms with Crippen LogP contribution in [-0.4, -0.2) is 0 Å². The molecule has 0 amide bonds. The van der Waals surface area contributed by atoms with E-state index in [9.17, 15) is 0 Å². The minimum absolute atomic E-state index is 0.300. The smallest absolute Gasteiger partial charge is 0.0706 e. The first-order chi connectivity index (χ1) is 5.27. The van der Waals surface area contributed by atoms with Gasteiger partial charge in [0.1, 0.15) is 0 Å². The quantitative estimate of drug-likeness (QED) is 0.618. The number of hydrogen-bond donors (Lipinski definition) is 0. The molecule has 0 N–H and O–H groups in total. The molecule has 0 spiro atoms. The highest BCUT2D eigenvalue weighted by molar-refractivity contribution is 7.12. The molecule has 0 bridgehead atoms. The van der Waals surface area contributed by atoms with E-state index in [1.165, 1.54) is 22.6 Å². The number of halogens is 1. The van der Waals surface area contributed by atoms with Gasteiger partial charge in [-0.2, -0.15) is 0 Å². The highest BCUT2D eigenvalue weighted by Crippen LogP contribution is 2.46. The first kappa shape index (κ1) is 7.63. The van der Waals surface area contributed by atoms with Crippen molar-refractivity contribution in [2.24, 2.45) is 5.92 Å². The van der Waals surface area contributed by atoms with Crippen LogP contribution in [0.2, 0.25) is 0 Å². The van der Waals surface area contributed by atoms with Gasteiger partial charge in [0.05, 0.1) is 5.38 Å². The highest BCUT2D eigenvalue weighted by atomic mass is 35.5. The number of hydrogen-bond acceptors (Lipinski definition) is 1. The van der Waals surface area contributed by atoms with E-state index in [-0.39, 0.29) is 0 Å². The first-order valence-corrected chi connectivity index (χ1v) is 5.23. The van der Waals surface area contributed by atoms with Crippen LogP contribution < -0.4 is 0 Å². The maximum absolute atomic E-state index is 6.23. The number of alkyl halides is 1. The van der Waals surface area contributed by atoms with Crippen molar-refractivity contribution < 1.29 is 0 Å². The van der Waals surface area contributed by atoms with Gasteiger partial charge in [0.2, 0.25) is 0 Å². The summed E-state index contributed by atoms with van der Waals surface area (Å²) in [6.45, 7) is 2.13. The summed E-state index contributed by atoms with van der Waals surface area (Å²) in [4.78, 5) is 2.72. The van der Waals surface area contributed by atoms with Crippen LogP contribution in [0.25, 0.3) is 0 Å². The van der Waals surface area contributed by atoms with Crippen LogP contribution in [0.15, 0.2) is 12.1 Å². The lowest BCUT2D eigenvalue weighted by atomic mass is 10.2. The molecule has 1 atom stereocenters. The predicted molar refractivity (Wildman–Crippen MR) is 50.4 cm³/mol. The molecule has 2 rings (SSSR count). The Labute approximate surface area is 76.2 Å². The Morgan fingerprint density at radius 2 is 2.27 bits per heavy atom. The number of aryl methyl sites for hydroxylation is 1. The summed E-state index contributed by atoms with van der Waals surface area (Å²) in [5.41, 5.74) is 0. The predicted octanol–water partition coefficient (Wildman–Crippen LogP) is 3.75. The molecule has 1 unspecified atom stereocenters. The SMILES string of the molecule is Cc1ccc(C(Cl)C2CC2)s1. The summed E-state index contributed by atoms with van der Waals surface area (Å²) in [6, 6.07) is 4.31. The van der Waals surface area contributed by atoms with Crippen molar-refractivity contribution >= 4 is 22.9 Å². The van der Waals surface area contributed by atoms with Crippen LogP contribution >= 0.6 is 22.9 Å². The van der Waals surface area contributed by atoms with Crippen molar-refractivity contribution in [3.63, 3.8) is 0 Å². The molecule has 11 heavy (non-hydrogen) atoms. The second-order valence-electron chi connectivity index (χ2n) is 3.19. The van der Waals surface area contributed by atoms with Gasteiger partial charge in [-0.05, 0) is 37.8 Å². The van der Waals surface area contributed by atoms with E-state index in [2.05, 4.69) is 19.1 Å². The lowest BCUT2D eigenvalue weighted by Gasteiger charge is -2.02. The molecule has 0 saturated heterocycles. The summed E-state index contributed by atoms with van der Waals surface area (Å²) in [5, 5.41) is 0.300. The zero-order valence-electron chi connectivity index (χ0n) is 6.51. The summed E-state index contributed by atoms with van der Waals surface area (Å²) in [7, 11) is 0. The van der Waals surface area contributed by atoms with Crippen LogP contribution in [0.4, 0.5) is 0 Å². The topological polar surface area (TPSA) is 0 Å². The fourth-order valence-electron chi connectivity index (χ4n) is 1.22. The van der Waals surface area contributed by atoms with Gasteiger partial charge in [-0.1, -0.05) is 0 Å².